The fourth-order valence-electron chi connectivity index (χ4n) is 2.65. The van der Waals surface area contributed by atoms with Gasteiger partial charge in [0.15, 0.2) is 12.0 Å². The van der Waals surface area contributed by atoms with Gasteiger partial charge in [0.05, 0.1) is 11.1 Å². The minimum Gasteiger partial charge on any atom is -0.382 e. The van der Waals surface area contributed by atoms with Crippen molar-refractivity contribution in [1.82, 2.24) is 9.55 Å². The first kappa shape index (κ1) is 15.5. The van der Waals surface area contributed by atoms with Crippen molar-refractivity contribution in [3.63, 3.8) is 0 Å². The Labute approximate surface area is 139 Å². The van der Waals surface area contributed by atoms with E-state index < -0.39 is 17.7 Å². The van der Waals surface area contributed by atoms with Crippen LogP contribution >= 0.6 is 34.2 Å². The SMILES string of the molecule is CC1(C)O[C@@H]2[C@H](O1)[C@@H](CI)O[C@H]2n1cc(Cl)c(N)nc1=O. The second-order valence-electron chi connectivity index (χ2n) is 5.45. The van der Waals surface area contributed by atoms with Gasteiger partial charge in [-0.2, -0.15) is 4.98 Å². The molecular weight excluding hydrogens is 413 g/mol. The van der Waals surface area contributed by atoms with E-state index in [9.17, 15) is 4.79 Å². The van der Waals surface area contributed by atoms with Crippen molar-refractivity contribution in [2.24, 2.45) is 0 Å². The zero-order valence-electron chi connectivity index (χ0n) is 11.5. The van der Waals surface area contributed by atoms with Crippen LogP contribution in [0.5, 0.6) is 0 Å². The zero-order chi connectivity index (χ0) is 15.4. The second-order valence-corrected chi connectivity index (χ2v) is 6.74. The van der Waals surface area contributed by atoms with E-state index in [4.69, 9.17) is 31.5 Å². The van der Waals surface area contributed by atoms with Crippen molar-refractivity contribution in [3.05, 3.63) is 21.7 Å². The molecule has 0 bridgehead atoms. The Kier molecular flexibility index (Phi) is 3.93. The van der Waals surface area contributed by atoms with Gasteiger partial charge >= 0.3 is 5.69 Å². The van der Waals surface area contributed by atoms with Crippen LogP contribution in [0.2, 0.25) is 5.02 Å². The van der Waals surface area contributed by atoms with Gasteiger partial charge in [-0.3, -0.25) is 4.57 Å². The summed E-state index contributed by atoms with van der Waals surface area (Å²) in [6, 6.07) is 0. The number of hydrogen-bond donors (Lipinski definition) is 1. The number of rotatable bonds is 2. The van der Waals surface area contributed by atoms with Crippen molar-refractivity contribution in [2.45, 2.75) is 44.2 Å². The summed E-state index contributed by atoms with van der Waals surface area (Å²) >= 11 is 8.18. The minimum absolute atomic E-state index is 0.00169. The molecule has 1 aromatic rings. The van der Waals surface area contributed by atoms with Gasteiger partial charge in [-0.25, -0.2) is 4.79 Å². The van der Waals surface area contributed by atoms with Gasteiger partial charge in [-0.15, -0.1) is 0 Å². The van der Waals surface area contributed by atoms with Crippen LogP contribution in [0.25, 0.3) is 0 Å². The Morgan fingerprint density at radius 2 is 2.14 bits per heavy atom. The van der Waals surface area contributed by atoms with Crippen LogP contribution in [0.15, 0.2) is 11.0 Å². The fourth-order valence-corrected chi connectivity index (χ4v) is 3.50. The summed E-state index contributed by atoms with van der Waals surface area (Å²) in [6.07, 6.45) is 0.0161. The van der Waals surface area contributed by atoms with Gasteiger partial charge in [-0.1, -0.05) is 34.2 Å². The highest BCUT2D eigenvalue weighted by Crippen LogP contribution is 2.43. The summed E-state index contributed by atoms with van der Waals surface area (Å²) < 4.78 is 19.7. The predicted octanol–water partition coefficient (Wildman–Crippen LogP) is 1.33. The number of anilines is 1. The van der Waals surface area contributed by atoms with Gasteiger partial charge in [0.25, 0.3) is 0 Å². The quantitative estimate of drug-likeness (QED) is 0.566. The average Bonchev–Trinajstić information content (AvgIpc) is 2.87. The van der Waals surface area contributed by atoms with E-state index >= 15 is 0 Å². The lowest BCUT2D eigenvalue weighted by atomic mass is 10.1. The molecule has 0 aliphatic carbocycles. The Morgan fingerprint density at radius 3 is 2.81 bits per heavy atom. The number of nitrogens with two attached hydrogens (primary N) is 1. The highest BCUT2D eigenvalue weighted by molar-refractivity contribution is 14.1. The van der Waals surface area contributed by atoms with E-state index in [-0.39, 0.29) is 29.2 Å². The van der Waals surface area contributed by atoms with Crippen LogP contribution in [0.1, 0.15) is 20.1 Å². The first-order valence-corrected chi connectivity index (χ1v) is 8.34. The third-order valence-corrected chi connectivity index (χ3v) is 4.64. The fraction of sp³-hybridized carbons (Fsp3) is 0.667. The number of fused-ring (bicyclic) bond motifs is 1. The maximum atomic E-state index is 12.1. The van der Waals surface area contributed by atoms with Crippen molar-refractivity contribution in [2.75, 3.05) is 10.2 Å². The molecule has 3 rings (SSSR count). The maximum absolute atomic E-state index is 12.1. The molecule has 0 aromatic carbocycles. The smallest absolute Gasteiger partial charge is 0.351 e. The highest BCUT2D eigenvalue weighted by Gasteiger charge is 2.55. The van der Waals surface area contributed by atoms with E-state index in [1.165, 1.54) is 10.8 Å². The molecule has 7 nitrogen and oxygen atoms in total. The monoisotopic (exact) mass is 427 g/mol. The number of ether oxygens (including phenoxy) is 3. The summed E-state index contributed by atoms with van der Waals surface area (Å²) in [4.78, 5) is 15.8. The molecule has 1 aromatic heterocycles. The van der Waals surface area contributed by atoms with Crippen molar-refractivity contribution >= 4 is 40.0 Å². The second kappa shape index (κ2) is 5.34. The lowest BCUT2D eigenvalue weighted by Crippen LogP contribution is -2.35. The van der Waals surface area contributed by atoms with Gasteiger partial charge in [0, 0.05) is 10.6 Å². The van der Waals surface area contributed by atoms with Gasteiger partial charge in [0.1, 0.15) is 18.0 Å². The van der Waals surface area contributed by atoms with E-state index in [1.807, 2.05) is 13.8 Å². The van der Waals surface area contributed by atoms with Crippen LogP contribution in [0.3, 0.4) is 0 Å². The molecule has 2 N–H and O–H groups in total. The standard InChI is InChI=1S/C12H15ClIN3O4/c1-12(2)20-7-6(3-14)19-10(8(7)21-12)17-4-5(13)9(15)16-11(17)18/h4,6-8,10H,3H2,1-2H3,(H2,15,16,18)/t6-,7-,8-,10-/m1/s1. The summed E-state index contributed by atoms with van der Waals surface area (Å²) in [7, 11) is 0. The number of halogens is 2. The predicted molar refractivity (Wildman–Crippen MR) is 84.5 cm³/mol. The molecule has 0 radical (unpaired) electrons. The molecule has 2 fully saturated rings. The molecule has 3 heterocycles. The van der Waals surface area contributed by atoms with Crippen molar-refractivity contribution in [3.8, 4) is 0 Å². The Morgan fingerprint density at radius 1 is 1.48 bits per heavy atom. The molecule has 0 saturated carbocycles. The van der Waals surface area contributed by atoms with E-state index in [0.29, 0.717) is 0 Å². The third kappa shape index (κ3) is 2.67. The van der Waals surface area contributed by atoms with Gasteiger partial charge in [0.2, 0.25) is 0 Å². The summed E-state index contributed by atoms with van der Waals surface area (Å²) in [5, 5.41) is 0.200. The molecule has 0 unspecified atom stereocenters. The summed E-state index contributed by atoms with van der Waals surface area (Å²) in [6.45, 7) is 3.67. The lowest BCUT2D eigenvalue weighted by Gasteiger charge is -2.24. The Balaban J connectivity index is 1.99. The third-order valence-electron chi connectivity index (χ3n) is 3.49. The van der Waals surface area contributed by atoms with Crippen LogP contribution < -0.4 is 11.4 Å². The van der Waals surface area contributed by atoms with E-state index in [1.54, 1.807) is 0 Å². The first-order chi connectivity index (χ1) is 9.82. The molecule has 21 heavy (non-hydrogen) atoms. The number of nitrogens with zero attached hydrogens (tertiary/aromatic N) is 2. The normalized spacial score (nSPS) is 34.1. The molecule has 2 aliphatic rings. The molecule has 2 saturated heterocycles. The number of nitrogen functional groups attached to an aromatic ring is 1. The molecule has 0 amide bonds. The lowest BCUT2D eigenvalue weighted by molar-refractivity contribution is -0.194. The van der Waals surface area contributed by atoms with E-state index in [2.05, 4.69) is 27.6 Å². The van der Waals surface area contributed by atoms with Crippen molar-refractivity contribution in [1.29, 1.82) is 0 Å². The maximum Gasteiger partial charge on any atom is 0.351 e. The van der Waals surface area contributed by atoms with Crippen molar-refractivity contribution < 1.29 is 14.2 Å². The molecular formula is C12H15ClIN3O4. The number of hydrogen-bond acceptors (Lipinski definition) is 6. The molecule has 4 atom stereocenters. The summed E-state index contributed by atoms with van der Waals surface area (Å²) in [5.74, 6) is -0.711. The minimum atomic E-state index is -0.712. The Bertz CT molecular complexity index is 623. The van der Waals surface area contributed by atoms with Gasteiger partial charge in [-0.05, 0) is 13.8 Å². The van der Waals surface area contributed by atoms with Crippen LogP contribution in [-0.4, -0.2) is 38.1 Å². The molecule has 0 spiro atoms. The topological polar surface area (TPSA) is 88.6 Å². The van der Waals surface area contributed by atoms with E-state index in [0.717, 1.165) is 4.43 Å². The average molecular weight is 428 g/mol. The molecule has 9 heteroatoms. The highest BCUT2D eigenvalue weighted by atomic mass is 127. The van der Waals surface area contributed by atoms with Gasteiger partial charge < -0.3 is 19.9 Å². The number of alkyl halides is 1. The van der Waals surface area contributed by atoms with Crippen LogP contribution in [0, 0.1) is 0 Å². The summed E-state index contributed by atoms with van der Waals surface area (Å²) in [5.41, 5.74) is 5.01. The van der Waals surface area contributed by atoms with Crippen LogP contribution in [0.4, 0.5) is 5.82 Å². The number of aromatic nitrogens is 2. The van der Waals surface area contributed by atoms with Crippen LogP contribution in [-0.2, 0) is 14.2 Å². The molecule has 116 valence electrons. The molecule has 2 aliphatic heterocycles. The Hall–Kier alpha value is -0.420. The first-order valence-electron chi connectivity index (χ1n) is 6.43. The zero-order valence-corrected chi connectivity index (χ0v) is 14.4. The largest absolute Gasteiger partial charge is 0.382 e.